The first kappa shape index (κ1) is 33.1. The van der Waals surface area contributed by atoms with Crippen molar-refractivity contribution in [2.24, 2.45) is 11.5 Å². The molecule has 1 unspecified atom stereocenters. The van der Waals surface area contributed by atoms with Gasteiger partial charge in [0, 0.05) is 49.0 Å². The van der Waals surface area contributed by atoms with Crippen LogP contribution in [0.25, 0.3) is 22.4 Å². The predicted molar refractivity (Wildman–Crippen MR) is 193 cm³/mol. The molecule has 2 amide bonds. The van der Waals surface area contributed by atoms with Gasteiger partial charge in [-0.1, -0.05) is 42.5 Å². The van der Waals surface area contributed by atoms with E-state index in [1.807, 2.05) is 70.1 Å². The highest BCUT2D eigenvalue weighted by molar-refractivity contribution is 5.98. The highest BCUT2D eigenvalue weighted by atomic mass is 16.5. The molecular weight excluding hydrogens is 616 g/mol. The van der Waals surface area contributed by atoms with Crippen molar-refractivity contribution in [2.45, 2.75) is 38.8 Å². The Balaban J connectivity index is 1.33. The third kappa shape index (κ3) is 7.51. The quantitative estimate of drug-likeness (QED) is 0.0836. The number of rotatable bonds is 11. The van der Waals surface area contributed by atoms with E-state index in [9.17, 15) is 9.59 Å². The van der Waals surface area contributed by atoms with Crippen LogP contribution < -0.4 is 26.4 Å². The zero-order valence-electron chi connectivity index (χ0n) is 27.8. The Morgan fingerprint density at radius 2 is 1.73 bits per heavy atom. The molecule has 1 aliphatic rings. The molecule has 2 heterocycles. The van der Waals surface area contributed by atoms with Gasteiger partial charge < -0.3 is 35.9 Å². The third-order valence-electron chi connectivity index (χ3n) is 8.87. The van der Waals surface area contributed by atoms with Gasteiger partial charge in [-0.05, 0) is 86.8 Å². The molecule has 5 aromatic rings. The molecule has 11 heteroatoms. The molecule has 0 saturated carbocycles. The number of fused-ring (bicyclic) bond motifs is 1. The Hall–Kier alpha value is -5.84. The van der Waals surface area contributed by atoms with E-state index in [0.29, 0.717) is 66.4 Å². The van der Waals surface area contributed by atoms with E-state index in [0.717, 1.165) is 12.1 Å². The maximum atomic E-state index is 13.9. The molecule has 0 spiro atoms. The van der Waals surface area contributed by atoms with E-state index in [1.165, 1.54) is 11.3 Å². The smallest absolute Gasteiger partial charge is 0.254 e. The number of piperazine rings is 1. The van der Waals surface area contributed by atoms with Crippen molar-refractivity contribution in [3.8, 4) is 22.9 Å². The van der Waals surface area contributed by atoms with Crippen molar-refractivity contribution in [3.63, 3.8) is 0 Å². The van der Waals surface area contributed by atoms with E-state index in [-0.39, 0.29) is 17.9 Å². The number of anilines is 1. The number of primary amides is 1. The molecule has 2 atom stereocenters. The number of para-hydroxylation sites is 1. The maximum absolute atomic E-state index is 13.9. The minimum absolute atomic E-state index is 0.0613. The topological polar surface area (TPSA) is 156 Å². The van der Waals surface area contributed by atoms with Gasteiger partial charge in [-0.2, -0.15) is 0 Å². The van der Waals surface area contributed by atoms with Crippen LogP contribution in [0.15, 0.2) is 97.1 Å². The molecule has 6 rings (SSSR count). The minimum Gasteiger partial charge on any atom is -0.457 e. The van der Waals surface area contributed by atoms with Crippen LogP contribution in [0.5, 0.6) is 11.5 Å². The molecule has 1 saturated heterocycles. The van der Waals surface area contributed by atoms with Crippen LogP contribution in [0.4, 0.5) is 5.69 Å². The second kappa shape index (κ2) is 14.5. The number of nitrogens with one attached hydrogen (secondary N) is 2. The average Bonchev–Trinajstić information content (AvgIpc) is 3.46. The Morgan fingerprint density at radius 3 is 2.47 bits per heavy atom. The van der Waals surface area contributed by atoms with Crippen molar-refractivity contribution >= 4 is 34.5 Å². The number of hydrogen-bond donors (Lipinski definition) is 4. The summed E-state index contributed by atoms with van der Waals surface area (Å²) >= 11 is 0. The van der Waals surface area contributed by atoms with Crippen LogP contribution in [0.1, 0.15) is 41.7 Å². The summed E-state index contributed by atoms with van der Waals surface area (Å²) in [5.41, 5.74) is 16.4. The number of guanidine groups is 1. The van der Waals surface area contributed by atoms with Crippen molar-refractivity contribution in [1.82, 2.24) is 19.8 Å². The summed E-state index contributed by atoms with van der Waals surface area (Å²) in [4.78, 5) is 36.2. The Bertz CT molecular complexity index is 1970. The summed E-state index contributed by atoms with van der Waals surface area (Å²) in [6.45, 7) is 6.57. The fourth-order valence-corrected chi connectivity index (χ4v) is 6.51. The first-order chi connectivity index (χ1) is 23.7. The molecule has 6 N–H and O–H groups in total. The largest absolute Gasteiger partial charge is 0.457 e. The standard InChI is InChI=1S/C38H42N8O3/c1-25-9-6-11-29(21-25)45-20-19-44(24-26(45)2)37(48)28-16-17-33-32(23-28)43-36(46(33)34(35(39)47)15-8-18-42-38(40)41)27-10-7-14-31(22-27)49-30-12-4-3-5-13-30/h3-7,9-14,16-17,21-23,26,34H,8,15,18-20,24H2,1-2H3,(H2,39,47)(H4,40,41,42)/t26?,34-/m1/s1. The van der Waals surface area contributed by atoms with Crippen LogP contribution >= 0.6 is 0 Å². The van der Waals surface area contributed by atoms with Crippen LogP contribution in [0.3, 0.4) is 0 Å². The SMILES string of the molecule is Cc1cccc(N2CCN(C(=O)c3ccc4c(c3)nc(-c3cccc(Oc5ccccc5)c3)n4[C@H](CCCNC(=N)N)C(N)=O)CC2C)c1. The normalized spacial score (nSPS) is 15.2. The van der Waals surface area contributed by atoms with Gasteiger partial charge in [0.05, 0.1) is 11.0 Å². The van der Waals surface area contributed by atoms with E-state index in [1.54, 1.807) is 12.1 Å². The highest BCUT2D eigenvalue weighted by Crippen LogP contribution is 2.34. The molecular formula is C38H42N8O3. The molecule has 1 fully saturated rings. The fraction of sp³-hybridized carbons (Fsp3) is 0.263. The van der Waals surface area contributed by atoms with Gasteiger partial charge in [-0.3, -0.25) is 15.0 Å². The number of benzene rings is 4. The van der Waals surface area contributed by atoms with Crippen LogP contribution in [-0.4, -0.2) is 64.4 Å². The first-order valence-electron chi connectivity index (χ1n) is 16.5. The van der Waals surface area contributed by atoms with Crippen molar-refractivity contribution in [3.05, 3.63) is 108 Å². The predicted octanol–water partition coefficient (Wildman–Crippen LogP) is 5.44. The molecule has 0 bridgehead atoms. The number of amides is 2. The number of imidazole rings is 1. The number of nitrogens with two attached hydrogens (primary N) is 2. The zero-order chi connectivity index (χ0) is 34.5. The van der Waals surface area contributed by atoms with E-state index >= 15 is 0 Å². The highest BCUT2D eigenvalue weighted by Gasteiger charge is 2.29. The van der Waals surface area contributed by atoms with Gasteiger partial charge in [0.15, 0.2) is 5.96 Å². The monoisotopic (exact) mass is 658 g/mol. The second-order valence-corrected chi connectivity index (χ2v) is 12.5. The summed E-state index contributed by atoms with van der Waals surface area (Å²) < 4.78 is 7.96. The lowest BCUT2D eigenvalue weighted by atomic mass is 10.1. The van der Waals surface area contributed by atoms with Crippen LogP contribution in [0, 0.1) is 12.3 Å². The Labute approximate surface area is 286 Å². The molecule has 252 valence electrons. The van der Waals surface area contributed by atoms with Crippen LogP contribution in [-0.2, 0) is 4.79 Å². The number of ether oxygens (including phenoxy) is 1. The lowest BCUT2D eigenvalue weighted by Gasteiger charge is -2.41. The number of aryl methyl sites for hydroxylation is 1. The Kier molecular flexibility index (Phi) is 9.79. The Morgan fingerprint density at radius 1 is 0.959 bits per heavy atom. The van der Waals surface area contributed by atoms with Gasteiger partial charge in [-0.25, -0.2) is 4.98 Å². The van der Waals surface area contributed by atoms with Crippen molar-refractivity contribution in [1.29, 1.82) is 5.41 Å². The van der Waals surface area contributed by atoms with E-state index in [2.05, 4.69) is 48.3 Å². The zero-order valence-corrected chi connectivity index (χ0v) is 27.8. The molecule has 1 aromatic heterocycles. The van der Waals surface area contributed by atoms with Gasteiger partial charge in [0.1, 0.15) is 23.4 Å². The third-order valence-corrected chi connectivity index (χ3v) is 8.87. The summed E-state index contributed by atoms with van der Waals surface area (Å²) in [6.07, 6.45) is 0.921. The molecule has 4 aromatic carbocycles. The van der Waals surface area contributed by atoms with Gasteiger partial charge in [0.2, 0.25) is 5.91 Å². The molecule has 0 aliphatic carbocycles. The lowest BCUT2D eigenvalue weighted by molar-refractivity contribution is -0.121. The van der Waals surface area contributed by atoms with Crippen LogP contribution in [0.2, 0.25) is 0 Å². The fourth-order valence-electron chi connectivity index (χ4n) is 6.51. The number of carbonyl (C=O) groups excluding carboxylic acids is 2. The average molecular weight is 659 g/mol. The summed E-state index contributed by atoms with van der Waals surface area (Å²) in [5, 5.41) is 10.3. The maximum Gasteiger partial charge on any atom is 0.254 e. The minimum atomic E-state index is -0.746. The first-order valence-corrected chi connectivity index (χ1v) is 16.5. The van der Waals surface area contributed by atoms with Gasteiger partial charge in [0.25, 0.3) is 5.91 Å². The molecule has 49 heavy (non-hydrogen) atoms. The lowest BCUT2D eigenvalue weighted by Crippen LogP contribution is -2.53. The number of hydrogen-bond acceptors (Lipinski definition) is 6. The van der Waals surface area contributed by atoms with Crippen molar-refractivity contribution < 1.29 is 14.3 Å². The van der Waals surface area contributed by atoms with Gasteiger partial charge in [-0.15, -0.1) is 0 Å². The summed E-state index contributed by atoms with van der Waals surface area (Å²) in [7, 11) is 0. The summed E-state index contributed by atoms with van der Waals surface area (Å²) in [6, 6.07) is 30.3. The van der Waals surface area contributed by atoms with Crippen molar-refractivity contribution in [2.75, 3.05) is 31.1 Å². The molecule has 11 nitrogen and oxygen atoms in total. The number of carbonyl (C=O) groups is 2. The number of aromatic nitrogens is 2. The number of nitrogens with zero attached hydrogens (tertiary/aromatic N) is 4. The van der Waals surface area contributed by atoms with E-state index in [4.69, 9.17) is 26.6 Å². The van der Waals surface area contributed by atoms with E-state index < -0.39 is 11.9 Å². The second-order valence-electron chi connectivity index (χ2n) is 12.5. The summed E-state index contributed by atoms with van der Waals surface area (Å²) in [5.74, 6) is 1.12. The molecule has 1 aliphatic heterocycles. The van der Waals surface area contributed by atoms with Gasteiger partial charge >= 0.3 is 0 Å². The molecule has 0 radical (unpaired) electrons.